The lowest BCUT2D eigenvalue weighted by Crippen LogP contribution is -2.49. The van der Waals surface area contributed by atoms with Crippen LogP contribution in [0, 0.1) is 23.2 Å². The predicted octanol–water partition coefficient (Wildman–Crippen LogP) is 3.69. The summed E-state index contributed by atoms with van der Waals surface area (Å²) in [5, 5.41) is 0. The fourth-order valence-corrected chi connectivity index (χ4v) is 7.12. The van der Waals surface area contributed by atoms with Crippen molar-refractivity contribution in [2.24, 2.45) is 23.2 Å². The van der Waals surface area contributed by atoms with E-state index in [0.717, 1.165) is 55.7 Å². The van der Waals surface area contributed by atoms with Gasteiger partial charge in [-0.25, -0.2) is 0 Å². The molecule has 2 heterocycles. The Balaban J connectivity index is 1.21. The van der Waals surface area contributed by atoms with Gasteiger partial charge in [-0.05, 0) is 92.1 Å². The fourth-order valence-electron chi connectivity index (χ4n) is 7.12. The monoisotopic (exact) mass is 354 g/mol. The molecular formula is C22H30N2O2. The smallest absolute Gasteiger partial charge is 0.248 e. The second kappa shape index (κ2) is 6.24. The summed E-state index contributed by atoms with van der Waals surface area (Å²) in [5.74, 6) is 3.56. The number of piperidine rings is 1. The number of aromatic amines is 1. The van der Waals surface area contributed by atoms with Crippen molar-refractivity contribution < 1.29 is 4.79 Å². The van der Waals surface area contributed by atoms with E-state index in [1.807, 2.05) is 6.07 Å². The molecule has 1 aromatic rings. The number of hydrogen-bond donors (Lipinski definition) is 1. The maximum atomic E-state index is 13.1. The van der Waals surface area contributed by atoms with Crippen LogP contribution in [0.3, 0.4) is 0 Å². The van der Waals surface area contributed by atoms with Crippen LogP contribution in [0.5, 0.6) is 0 Å². The molecule has 1 saturated heterocycles. The molecule has 4 bridgehead atoms. The number of carbonyl (C=O) groups excluding carboxylic acids is 1. The first kappa shape index (κ1) is 16.6. The summed E-state index contributed by atoms with van der Waals surface area (Å²) in [6.45, 7) is 1.70. The van der Waals surface area contributed by atoms with Crippen molar-refractivity contribution in [3.63, 3.8) is 0 Å². The summed E-state index contributed by atoms with van der Waals surface area (Å²) in [7, 11) is 0. The van der Waals surface area contributed by atoms with E-state index in [-0.39, 0.29) is 5.56 Å². The minimum atomic E-state index is -0.0252. The van der Waals surface area contributed by atoms with Gasteiger partial charge in [-0.15, -0.1) is 0 Å². The van der Waals surface area contributed by atoms with Crippen molar-refractivity contribution >= 4 is 5.91 Å². The molecule has 4 saturated carbocycles. The van der Waals surface area contributed by atoms with Crippen molar-refractivity contribution in [1.29, 1.82) is 0 Å². The van der Waals surface area contributed by atoms with Crippen LogP contribution in [-0.2, 0) is 4.79 Å². The molecule has 26 heavy (non-hydrogen) atoms. The standard InChI is InChI=1S/C22H30N2O2/c25-20-10-19(1-4-23-20)18-2-5-24(6-3-18)21(26)14-22-11-15-7-16(12-22)9-17(8-15)13-22/h1,4,10,15-18H,2-3,5-9,11-14H2,(H,23,25). The number of likely N-dealkylation sites (tertiary alicyclic amines) is 1. The zero-order valence-corrected chi connectivity index (χ0v) is 15.6. The predicted molar refractivity (Wildman–Crippen MR) is 101 cm³/mol. The first-order chi connectivity index (χ1) is 12.6. The van der Waals surface area contributed by atoms with Gasteiger partial charge in [-0.1, -0.05) is 0 Å². The number of hydrogen-bond acceptors (Lipinski definition) is 2. The highest BCUT2D eigenvalue weighted by molar-refractivity contribution is 5.77. The van der Waals surface area contributed by atoms with E-state index >= 15 is 0 Å². The molecule has 0 unspecified atom stereocenters. The van der Waals surface area contributed by atoms with E-state index in [4.69, 9.17) is 0 Å². The molecule has 140 valence electrons. The van der Waals surface area contributed by atoms with Gasteiger partial charge in [0, 0.05) is 31.8 Å². The lowest BCUT2D eigenvalue weighted by atomic mass is 9.49. The largest absolute Gasteiger partial charge is 0.343 e. The van der Waals surface area contributed by atoms with Crippen LogP contribution in [0.25, 0.3) is 0 Å². The highest BCUT2D eigenvalue weighted by Crippen LogP contribution is 2.61. The third-order valence-electron chi connectivity index (χ3n) is 7.81. The third-order valence-corrected chi connectivity index (χ3v) is 7.81. The van der Waals surface area contributed by atoms with E-state index in [1.54, 1.807) is 12.3 Å². The van der Waals surface area contributed by atoms with E-state index < -0.39 is 0 Å². The van der Waals surface area contributed by atoms with Crippen LogP contribution < -0.4 is 5.56 Å². The molecule has 1 aromatic heterocycles. The molecule has 1 aliphatic heterocycles. The lowest BCUT2D eigenvalue weighted by molar-refractivity contribution is -0.140. The summed E-state index contributed by atoms with van der Waals surface area (Å²) in [5.41, 5.74) is 1.44. The summed E-state index contributed by atoms with van der Waals surface area (Å²) >= 11 is 0. The van der Waals surface area contributed by atoms with Gasteiger partial charge >= 0.3 is 0 Å². The van der Waals surface area contributed by atoms with E-state index in [0.29, 0.717) is 17.2 Å². The maximum Gasteiger partial charge on any atom is 0.248 e. The molecule has 6 rings (SSSR count). The number of rotatable bonds is 3. The van der Waals surface area contributed by atoms with Gasteiger partial charge in [0.05, 0.1) is 0 Å². The summed E-state index contributed by atoms with van der Waals surface area (Å²) in [4.78, 5) is 29.4. The molecular weight excluding hydrogens is 324 g/mol. The number of nitrogens with zero attached hydrogens (tertiary/aromatic N) is 1. The number of nitrogens with one attached hydrogen (secondary N) is 1. The van der Waals surface area contributed by atoms with Crippen LogP contribution in [0.1, 0.15) is 69.3 Å². The Morgan fingerprint density at radius 2 is 1.69 bits per heavy atom. The highest BCUT2D eigenvalue weighted by Gasteiger charge is 2.51. The molecule has 0 radical (unpaired) electrons. The second-order valence-electron chi connectivity index (χ2n) is 9.74. The van der Waals surface area contributed by atoms with E-state index in [1.165, 1.54) is 38.5 Å². The van der Waals surface area contributed by atoms with E-state index in [2.05, 4.69) is 9.88 Å². The highest BCUT2D eigenvalue weighted by atomic mass is 16.2. The van der Waals surface area contributed by atoms with Gasteiger partial charge < -0.3 is 9.88 Å². The Labute approximate surface area is 155 Å². The Morgan fingerprint density at radius 3 is 2.27 bits per heavy atom. The Hall–Kier alpha value is -1.58. The quantitative estimate of drug-likeness (QED) is 0.900. The van der Waals surface area contributed by atoms with Crippen LogP contribution in [0.2, 0.25) is 0 Å². The normalized spacial score (nSPS) is 36.5. The summed E-state index contributed by atoms with van der Waals surface area (Å²) in [6.07, 6.45) is 12.8. The maximum absolute atomic E-state index is 13.1. The van der Waals surface area contributed by atoms with Crippen LogP contribution >= 0.6 is 0 Å². The van der Waals surface area contributed by atoms with Crippen molar-refractivity contribution in [3.05, 3.63) is 34.2 Å². The number of H-pyrrole nitrogens is 1. The molecule has 0 atom stereocenters. The summed E-state index contributed by atoms with van der Waals surface area (Å²) in [6, 6.07) is 3.73. The summed E-state index contributed by atoms with van der Waals surface area (Å²) < 4.78 is 0. The van der Waals surface area contributed by atoms with Crippen LogP contribution in [0.4, 0.5) is 0 Å². The SMILES string of the molecule is O=C(CC12CC3CC(CC(C3)C1)C2)N1CCC(c2cc[nH]c(=O)c2)CC1. The number of amides is 1. The molecule has 1 amide bonds. The van der Waals surface area contributed by atoms with Crippen LogP contribution in [-0.4, -0.2) is 28.9 Å². The Morgan fingerprint density at radius 1 is 1.08 bits per heavy atom. The molecule has 5 aliphatic rings. The first-order valence-corrected chi connectivity index (χ1v) is 10.5. The van der Waals surface area contributed by atoms with Gasteiger partial charge in [0.15, 0.2) is 0 Å². The molecule has 4 nitrogen and oxygen atoms in total. The zero-order chi connectivity index (χ0) is 17.7. The molecule has 5 fully saturated rings. The van der Waals surface area contributed by atoms with Gasteiger partial charge in [-0.2, -0.15) is 0 Å². The topological polar surface area (TPSA) is 53.2 Å². The number of carbonyl (C=O) groups is 1. The molecule has 4 heteroatoms. The number of aromatic nitrogens is 1. The zero-order valence-electron chi connectivity index (χ0n) is 15.6. The van der Waals surface area contributed by atoms with Gasteiger partial charge in [0.1, 0.15) is 0 Å². The van der Waals surface area contributed by atoms with Crippen LogP contribution in [0.15, 0.2) is 23.1 Å². The first-order valence-electron chi connectivity index (χ1n) is 10.5. The van der Waals surface area contributed by atoms with Crippen molar-refractivity contribution in [2.75, 3.05) is 13.1 Å². The molecule has 4 aliphatic carbocycles. The van der Waals surface area contributed by atoms with Gasteiger partial charge in [0.2, 0.25) is 11.5 Å². The Bertz CT molecular complexity index is 709. The molecule has 1 N–H and O–H groups in total. The van der Waals surface area contributed by atoms with Crippen molar-refractivity contribution in [1.82, 2.24) is 9.88 Å². The average Bonchev–Trinajstić information content (AvgIpc) is 2.60. The van der Waals surface area contributed by atoms with Gasteiger partial charge in [0.25, 0.3) is 0 Å². The third kappa shape index (κ3) is 3.01. The van der Waals surface area contributed by atoms with E-state index in [9.17, 15) is 9.59 Å². The van der Waals surface area contributed by atoms with Crippen molar-refractivity contribution in [2.45, 2.75) is 63.7 Å². The minimum absolute atomic E-state index is 0.0252. The molecule has 0 aromatic carbocycles. The fraction of sp³-hybridized carbons (Fsp3) is 0.727. The van der Waals surface area contributed by atoms with Crippen molar-refractivity contribution in [3.8, 4) is 0 Å². The van der Waals surface area contributed by atoms with Gasteiger partial charge in [-0.3, -0.25) is 9.59 Å². The lowest BCUT2D eigenvalue weighted by Gasteiger charge is -2.57. The Kier molecular flexibility index (Phi) is 3.98. The molecule has 0 spiro atoms. The minimum Gasteiger partial charge on any atom is -0.343 e. The number of pyridine rings is 1. The average molecular weight is 354 g/mol. The second-order valence-corrected chi connectivity index (χ2v) is 9.74.